The van der Waals surface area contributed by atoms with Gasteiger partial charge in [-0.1, -0.05) is 18.2 Å². The van der Waals surface area contributed by atoms with E-state index in [0.29, 0.717) is 37.6 Å². The Balaban J connectivity index is 1.78. The average Bonchev–Trinajstić information content (AvgIpc) is 3.01. The fourth-order valence-electron chi connectivity index (χ4n) is 4.34. The lowest BCUT2D eigenvalue weighted by Crippen LogP contribution is -2.54. The van der Waals surface area contributed by atoms with Crippen LogP contribution < -0.4 is 21.1 Å². The Morgan fingerprint density at radius 3 is 2.69 bits per heavy atom. The van der Waals surface area contributed by atoms with E-state index in [0.717, 1.165) is 0 Å². The number of carbonyl (C=O) groups is 2. The monoisotopic (exact) mass is 392 g/mol. The molecule has 10 heteroatoms. The van der Waals surface area contributed by atoms with Crippen LogP contribution >= 0.6 is 0 Å². The van der Waals surface area contributed by atoms with Crippen molar-refractivity contribution in [3.63, 3.8) is 0 Å². The summed E-state index contributed by atoms with van der Waals surface area (Å²) in [6, 6.07) is 8.67. The van der Waals surface area contributed by atoms with Gasteiger partial charge in [0.25, 0.3) is 5.56 Å². The van der Waals surface area contributed by atoms with Crippen molar-refractivity contribution in [3.8, 4) is 6.07 Å². The Kier molecular flexibility index (Phi) is 3.69. The molecule has 1 fully saturated rings. The zero-order valence-corrected chi connectivity index (χ0v) is 15.2. The molecule has 2 amide bonds. The first-order valence-electron chi connectivity index (χ1n) is 9.16. The average molecular weight is 392 g/mol. The van der Waals surface area contributed by atoms with Gasteiger partial charge >= 0.3 is 0 Å². The lowest BCUT2D eigenvalue weighted by molar-refractivity contribution is -0.127. The van der Waals surface area contributed by atoms with Gasteiger partial charge in [-0.15, -0.1) is 0 Å². The van der Waals surface area contributed by atoms with E-state index in [-0.39, 0.29) is 17.3 Å². The molecule has 4 heterocycles. The minimum Gasteiger partial charge on any atom is -0.378 e. The standard InChI is InChI=1S/C19H16N6O4/c20-9-11-15(26)22-14-13(16(27)24-18(23-14)25-5-7-29-8-6-25)19(11)10-3-1-2-4-12(10)21-17(19)28/h1-4,11H,5-8H2,(H,21,28)(H2,22,23,24,26,27)/t11-,19+/m1/s1. The number of fused-ring (bicyclic) bond motifs is 4. The Hall–Kier alpha value is -3.71. The van der Waals surface area contributed by atoms with Crippen molar-refractivity contribution in [1.82, 2.24) is 9.97 Å². The number of para-hydroxylation sites is 1. The molecule has 2 aromatic rings. The van der Waals surface area contributed by atoms with E-state index in [1.807, 2.05) is 11.0 Å². The molecule has 1 aromatic heterocycles. The van der Waals surface area contributed by atoms with Crippen LogP contribution in [-0.4, -0.2) is 48.1 Å². The molecule has 0 aliphatic carbocycles. The van der Waals surface area contributed by atoms with Gasteiger partial charge in [0.1, 0.15) is 17.2 Å². The number of anilines is 3. The number of morpholine rings is 1. The number of nitrogens with one attached hydrogen (secondary N) is 3. The number of benzene rings is 1. The Morgan fingerprint density at radius 2 is 1.93 bits per heavy atom. The number of rotatable bonds is 1. The number of nitrogens with zero attached hydrogens (tertiary/aromatic N) is 3. The summed E-state index contributed by atoms with van der Waals surface area (Å²) in [5.74, 6) is -2.38. The summed E-state index contributed by atoms with van der Waals surface area (Å²) < 4.78 is 5.32. The van der Waals surface area contributed by atoms with Crippen LogP contribution in [-0.2, 0) is 19.7 Å². The molecule has 1 saturated heterocycles. The summed E-state index contributed by atoms with van der Waals surface area (Å²) in [6.45, 7) is 2.04. The van der Waals surface area contributed by atoms with E-state index in [4.69, 9.17) is 4.74 Å². The predicted octanol–water partition coefficient (Wildman–Crippen LogP) is -0.0634. The Bertz CT molecular complexity index is 1150. The minimum absolute atomic E-state index is 0.00130. The first-order valence-corrected chi connectivity index (χ1v) is 9.16. The number of ether oxygens (including phenoxy) is 1. The molecule has 0 radical (unpaired) electrons. The van der Waals surface area contributed by atoms with Gasteiger partial charge in [-0.2, -0.15) is 10.2 Å². The molecular formula is C19H16N6O4. The third kappa shape index (κ3) is 2.25. The largest absolute Gasteiger partial charge is 0.378 e. The van der Waals surface area contributed by atoms with Crippen molar-refractivity contribution in [2.45, 2.75) is 5.41 Å². The van der Waals surface area contributed by atoms with E-state index in [1.54, 1.807) is 24.3 Å². The van der Waals surface area contributed by atoms with E-state index < -0.39 is 28.7 Å². The van der Waals surface area contributed by atoms with Gasteiger partial charge in [-0.3, -0.25) is 19.4 Å². The molecule has 0 unspecified atom stereocenters. The quantitative estimate of drug-likeness (QED) is 0.617. The van der Waals surface area contributed by atoms with Crippen molar-refractivity contribution in [1.29, 1.82) is 5.26 Å². The highest BCUT2D eigenvalue weighted by Crippen LogP contribution is 2.50. The van der Waals surface area contributed by atoms with Crippen molar-refractivity contribution >= 4 is 29.3 Å². The van der Waals surface area contributed by atoms with Gasteiger partial charge in [-0.05, 0) is 11.6 Å². The highest BCUT2D eigenvalue weighted by molar-refractivity contribution is 6.16. The van der Waals surface area contributed by atoms with Gasteiger partial charge in [0.05, 0.1) is 24.8 Å². The molecule has 10 nitrogen and oxygen atoms in total. The van der Waals surface area contributed by atoms with Crippen molar-refractivity contribution in [2.75, 3.05) is 41.8 Å². The SMILES string of the molecule is N#C[C@@H]1C(=O)Nc2nc(N3CCOCC3)[nH]c(=O)c2[C@@]12C(=O)Nc1ccccc12. The van der Waals surface area contributed by atoms with Gasteiger partial charge in [0.15, 0.2) is 0 Å². The molecule has 3 aliphatic heterocycles. The normalized spacial score (nSPS) is 25.1. The third-order valence-electron chi connectivity index (χ3n) is 5.64. The van der Waals surface area contributed by atoms with Crippen LogP contribution in [0.1, 0.15) is 11.1 Å². The van der Waals surface area contributed by atoms with Crippen molar-refractivity contribution < 1.29 is 14.3 Å². The van der Waals surface area contributed by atoms with Crippen LogP contribution in [0.25, 0.3) is 0 Å². The molecule has 3 N–H and O–H groups in total. The smallest absolute Gasteiger partial charge is 0.259 e. The molecule has 0 bridgehead atoms. The molecule has 3 aliphatic rings. The highest BCUT2D eigenvalue weighted by Gasteiger charge is 2.61. The van der Waals surface area contributed by atoms with E-state index >= 15 is 0 Å². The van der Waals surface area contributed by atoms with E-state index in [1.165, 1.54) is 0 Å². The summed E-state index contributed by atoms with van der Waals surface area (Å²) in [7, 11) is 0. The molecule has 1 aromatic carbocycles. The second-order valence-corrected chi connectivity index (χ2v) is 7.07. The number of aromatic nitrogens is 2. The fourth-order valence-corrected chi connectivity index (χ4v) is 4.34. The van der Waals surface area contributed by atoms with E-state index in [2.05, 4.69) is 20.6 Å². The topological polar surface area (TPSA) is 140 Å². The Labute approximate surface area is 164 Å². The van der Waals surface area contributed by atoms with Crippen molar-refractivity contribution in [3.05, 3.63) is 45.7 Å². The lowest BCUT2D eigenvalue weighted by Gasteiger charge is -2.36. The molecule has 29 heavy (non-hydrogen) atoms. The van der Waals surface area contributed by atoms with Gasteiger partial charge in [0, 0.05) is 18.8 Å². The zero-order chi connectivity index (χ0) is 20.2. The first-order chi connectivity index (χ1) is 14.1. The summed E-state index contributed by atoms with van der Waals surface area (Å²) >= 11 is 0. The maximum absolute atomic E-state index is 13.2. The zero-order valence-electron chi connectivity index (χ0n) is 15.2. The summed E-state index contributed by atoms with van der Waals surface area (Å²) in [4.78, 5) is 48.2. The molecule has 5 rings (SSSR count). The van der Waals surface area contributed by atoms with Crippen molar-refractivity contribution in [2.24, 2.45) is 5.92 Å². The third-order valence-corrected chi connectivity index (χ3v) is 5.64. The summed E-state index contributed by atoms with van der Waals surface area (Å²) in [5.41, 5.74) is -1.46. The molecule has 2 atom stereocenters. The van der Waals surface area contributed by atoms with Gasteiger partial charge in [-0.25, -0.2) is 0 Å². The first kappa shape index (κ1) is 17.4. The predicted molar refractivity (Wildman–Crippen MR) is 101 cm³/mol. The molecule has 146 valence electrons. The van der Waals surface area contributed by atoms with Crippen LogP contribution in [0.3, 0.4) is 0 Å². The maximum atomic E-state index is 13.2. The van der Waals surface area contributed by atoms with Crippen LogP contribution in [0.2, 0.25) is 0 Å². The number of H-pyrrole nitrogens is 1. The second kappa shape index (κ2) is 6.15. The maximum Gasteiger partial charge on any atom is 0.259 e. The van der Waals surface area contributed by atoms with E-state index in [9.17, 15) is 19.6 Å². The molecule has 0 saturated carbocycles. The number of hydrogen-bond donors (Lipinski definition) is 3. The van der Waals surface area contributed by atoms with Gasteiger partial charge in [0.2, 0.25) is 17.8 Å². The Morgan fingerprint density at radius 1 is 1.17 bits per heavy atom. The van der Waals surface area contributed by atoms with Crippen LogP contribution in [0.4, 0.5) is 17.5 Å². The number of aromatic amines is 1. The van der Waals surface area contributed by atoms with Crippen LogP contribution in [0.5, 0.6) is 0 Å². The second-order valence-electron chi connectivity index (χ2n) is 7.07. The number of hydrogen-bond acceptors (Lipinski definition) is 7. The lowest BCUT2D eigenvalue weighted by atomic mass is 9.65. The van der Waals surface area contributed by atoms with Gasteiger partial charge < -0.3 is 20.3 Å². The minimum atomic E-state index is -1.76. The highest BCUT2D eigenvalue weighted by atomic mass is 16.5. The van der Waals surface area contributed by atoms with Crippen LogP contribution in [0, 0.1) is 17.2 Å². The number of nitriles is 1. The summed E-state index contributed by atoms with van der Waals surface area (Å²) in [5, 5.41) is 15.0. The fraction of sp³-hybridized carbons (Fsp3) is 0.316. The number of amides is 2. The van der Waals surface area contributed by atoms with Crippen LogP contribution in [0.15, 0.2) is 29.1 Å². The summed E-state index contributed by atoms with van der Waals surface area (Å²) in [6.07, 6.45) is 0. The molecule has 1 spiro atoms. The molecular weight excluding hydrogens is 376 g/mol. The number of carbonyl (C=O) groups excluding carboxylic acids is 2.